The van der Waals surface area contributed by atoms with Gasteiger partial charge in [0.15, 0.2) is 17.0 Å². The lowest BCUT2D eigenvalue weighted by atomic mass is 9.78. The van der Waals surface area contributed by atoms with Crippen molar-refractivity contribution in [2.45, 2.75) is 51.0 Å². The molecule has 8 nitrogen and oxygen atoms in total. The van der Waals surface area contributed by atoms with Crippen molar-refractivity contribution in [2.75, 3.05) is 54.5 Å². The molecule has 0 bridgehead atoms. The van der Waals surface area contributed by atoms with Crippen LogP contribution >= 0.6 is 0 Å². The van der Waals surface area contributed by atoms with Gasteiger partial charge in [0, 0.05) is 43.6 Å². The Morgan fingerprint density at radius 2 is 1.65 bits per heavy atom. The van der Waals surface area contributed by atoms with Crippen molar-refractivity contribution in [1.29, 1.82) is 0 Å². The van der Waals surface area contributed by atoms with Crippen LogP contribution in [0.25, 0.3) is 11.2 Å². The molecule has 8 heteroatoms. The molecule has 7 rings (SSSR count). The summed E-state index contributed by atoms with van der Waals surface area (Å²) in [6.45, 7) is 6.09. The van der Waals surface area contributed by atoms with Crippen LogP contribution in [-0.2, 0) is 4.74 Å². The second-order valence-electron chi connectivity index (χ2n) is 10.7. The lowest BCUT2D eigenvalue weighted by Crippen LogP contribution is -2.66. The summed E-state index contributed by atoms with van der Waals surface area (Å²) in [6, 6.07) is 9.22. The van der Waals surface area contributed by atoms with Crippen LogP contribution in [0.2, 0.25) is 0 Å². The van der Waals surface area contributed by atoms with E-state index in [1.807, 2.05) is 6.33 Å². The molecule has 0 unspecified atom stereocenters. The SMILES string of the molecule is c1cc(N2CC3(COC3)C2)ccc1Nc1nc(N2CCCCC2)nc2c1ncn2C1CCCC1. The normalized spacial score (nSPS) is 22.2. The van der Waals surface area contributed by atoms with Gasteiger partial charge in [-0.25, -0.2) is 4.98 Å². The first-order valence-corrected chi connectivity index (χ1v) is 13.0. The van der Waals surface area contributed by atoms with Crippen LogP contribution in [0.4, 0.5) is 23.1 Å². The van der Waals surface area contributed by atoms with Gasteiger partial charge in [0.05, 0.1) is 25.0 Å². The molecule has 0 amide bonds. The molecule has 3 saturated heterocycles. The van der Waals surface area contributed by atoms with Crippen LogP contribution in [0.15, 0.2) is 30.6 Å². The number of benzene rings is 1. The third kappa shape index (κ3) is 3.50. The fraction of sp³-hybridized carbons (Fsp3) is 0.577. The third-order valence-electron chi connectivity index (χ3n) is 8.13. The van der Waals surface area contributed by atoms with E-state index in [1.54, 1.807) is 0 Å². The largest absolute Gasteiger partial charge is 0.380 e. The van der Waals surface area contributed by atoms with Gasteiger partial charge in [0.25, 0.3) is 0 Å². The average molecular weight is 460 g/mol. The minimum atomic E-state index is 0.423. The van der Waals surface area contributed by atoms with Gasteiger partial charge in [0.2, 0.25) is 5.95 Å². The Morgan fingerprint density at radius 1 is 0.882 bits per heavy atom. The van der Waals surface area contributed by atoms with Crippen molar-refractivity contribution in [3.63, 3.8) is 0 Å². The number of piperidine rings is 1. The van der Waals surface area contributed by atoms with E-state index in [0.717, 1.165) is 68.0 Å². The fourth-order valence-corrected chi connectivity index (χ4v) is 6.09. The van der Waals surface area contributed by atoms with E-state index in [-0.39, 0.29) is 0 Å². The summed E-state index contributed by atoms with van der Waals surface area (Å²) in [5.41, 5.74) is 4.56. The zero-order chi connectivity index (χ0) is 22.5. The predicted octanol–water partition coefficient (Wildman–Crippen LogP) is 4.51. The second kappa shape index (κ2) is 8.12. The van der Waals surface area contributed by atoms with Gasteiger partial charge < -0.3 is 24.4 Å². The number of hydrogen-bond acceptors (Lipinski definition) is 7. The van der Waals surface area contributed by atoms with Gasteiger partial charge in [-0.3, -0.25) is 0 Å². The minimum absolute atomic E-state index is 0.423. The summed E-state index contributed by atoms with van der Waals surface area (Å²) in [5, 5.41) is 3.58. The van der Waals surface area contributed by atoms with E-state index >= 15 is 0 Å². The van der Waals surface area contributed by atoms with Crippen LogP contribution < -0.4 is 15.1 Å². The molecule has 178 valence electrons. The summed E-state index contributed by atoms with van der Waals surface area (Å²) in [4.78, 5) is 19.6. The van der Waals surface area contributed by atoms with Crippen LogP contribution in [0, 0.1) is 5.41 Å². The molecule has 0 radical (unpaired) electrons. The van der Waals surface area contributed by atoms with E-state index < -0.39 is 0 Å². The van der Waals surface area contributed by atoms with Crippen LogP contribution in [0.3, 0.4) is 0 Å². The molecule has 3 aromatic rings. The number of anilines is 4. The summed E-state index contributed by atoms with van der Waals surface area (Å²) in [6.07, 6.45) is 10.7. The van der Waals surface area contributed by atoms with E-state index in [9.17, 15) is 0 Å². The number of ether oxygens (including phenoxy) is 1. The van der Waals surface area contributed by atoms with E-state index in [0.29, 0.717) is 11.5 Å². The highest BCUT2D eigenvalue weighted by molar-refractivity contribution is 5.87. The fourth-order valence-electron chi connectivity index (χ4n) is 6.09. The predicted molar refractivity (Wildman–Crippen MR) is 134 cm³/mol. The molecular formula is C26H33N7O. The lowest BCUT2D eigenvalue weighted by Gasteiger charge is -2.56. The van der Waals surface area contributed by atoms with Crippen molar-refractivity contribution >= 4 is 34.3 Å². The van der Waals surface area contributed by atoms with Crippen LogP contribution in [0.1, 0.15) is 51.0 Å². The summed E-state index contributed by atoms with van der Waals surface area (Å²) < 4.78 is 7.71. The summed E-state index contributed by atoms with van der Waals surface area (Å²) in [7, 11) is 0. The summed E-state index contributed by atoms with van der Waals surface area (Å²) >= 11 is 0. The number of nitrogens with zero attached hydrogens (tertiary/aromatic N) is 6. The highest BCUT2D eigenvalue weighted by Crippen LogP contribution is 2.40. The number of hydrogen-bond donors (Lipinski definition) is 1. The lowest BCUT2D eigenvalue weighted by molar-refractivity contribution is -0.127. The standard InChI is InChI=1S/C26H33N7O/c1-4-12-31(13-5-1)25-29-23(22-24(30-25)33(18-27-22)21-6-2-3-7-21)28-19-8-10-20(11-9-19)32-14-26(15-32)16-34-17-26/h8-11,18,21H,1-7,12-17H2,(H,28,29,30). The topological polar surface area (TPSA) is 71.3 Å². The molecule has 1 N–H and O–H groups in total. The van der Waals surface area contributed by atoms with Crippen molar-refractivity contribution in [2.24, 2.45) is 5.41 Å². The number of fused-ring (bicyclic) bond motifs is 1. The zero-order valence-electron chi connectivity index (χ0n) is 19.7. The molecule has 1 spiro atoms. The zero-order valence-corrected chi connectivity index (χ0v) is 19.7. The first kappa shape index (κ1) is 20.5. The highest BCUT2D eigenvalue weighted by Gasteiger charge is 2.49. The molecule has 5 heterocycles. The minimum Gasteiger partial charge on any atom is -0.380 e. The van der Waals surface area contributed by atoms with Crippen molar-refractivity contribution in [3.05, 3.63) is 30.6 Å². The molecule has 0 atom stereocenters. The molecule has 34 heavy (non-hydrogen) atoms. The average Bonchev–Trinajstić information content (AvgIpc) is 3.49. The monoisotopic (exact) mass is 459 g/mol. The van der Waals surface area contributed by atoms with Crippen LogP contribution in [0.5, 0.6) is 0 Å². The molecule has 1 aromatic carbocycles. The number of imidazole rings is 1. The molecular weight excluding hydrogens is 426 g/mol. The quantitative estimate of drug-likeness (QED) is 0.602. The van der Waals surface area contributed by atoms with Crippen LogP contribution in [-0.4, -0.2) is 58.9 Å². The maximum atomic E-state index is 5.41. The van der Waals surface area contributed by atoms with Gasteiger partial charge in [-0.1, -0.05) is 12.8 Å². The first-order valence-electron chi connectivity index (χ1n) is 13.0. The first-order chi connectivity index (χ1) is 16.8. The van der Waals surface area contributed by atoms with E-state index in [1.165, 1.54) is 50.6 Å². The van der Waals surface area contributed by atoms with Gasteiger partial charge in [-0.05, 0) is 56.4 Å². The van der Waals surface area contributed by atoms with Gasteiger partial charge >= 0.3 is 0 Å². The Bertz CT molecular complexity index is 1170. The van der Waals surface area contributed by atoms with Gasteiger partial charge in [-0.15, -0.1) is 0 Å². The Hall–Kier alpha value is -2.87. The highest BCUT2D eigenvalue weighted by atomic mass is 16.5. The Balaban J connectivity index is 1.18. The number of aromatic nitrogens is 4. The number of rotatable bonds is 5. The van der Waals surface area contributed by atoms with E-state index in [4.69, 9.17) is 19.7 Å². The Morgan fingerprint density at radius 3 is 2.35 bits per heavy atom. The van der Waals surface area contributed by atoms with Gasteiger partial charge in [-0.2, -0.15) is 9.97 Å². The molecule has 1 saturated carbocycles. The van der Waals surface area contributed by atoms with Crippen molar-refractivity contribution in [1.82, 2.24) is 19.5 Å². The molecule has 4 aliphatic rings. The molecule has 4 fully saturated rings. The third-order valence-corrected chi connectivity index (χ3v) is 8.13. The maximum absolute atomic E-state index is 5.41. The molecule has 1 aliphatic carbocycles. The van der Waals surface area contributed by atoms with Gasteiger partial charge in [0.1, 0.15) is 0 Å². The second-order valence-corrected chi connectivity index (χ2v) is 10.7. The van der Waals surface area contributed by atoms with Crippen molar-refractivity contribution in [3.8, 4) is 0 Å². The molecule has 3 aliphatic heterocycles. The number of nitrogens with one attached hydrogen (secondary N) is 1. The Kier molecular flexibility index (Phi) is 4.89. The molecule has 2 aromatic heterocycles. The summed E-state index contributed by atoms with van der Waals surface area (Å²) in [5.74, 6) is 1.64. The Labute approximate surface area is 200 Å². The maximum Gasteiger partial charge on any atom is 0.229 e. The smallest absolute Gasteiger partial charge is 0.229 e. The van der Waals surface area contributed by atoms with E-state index in [2.05, 4.69) is 43.9 Å². The van der Waals surface area contributed by atoms with Crippen molar-refractivity contribution < 1.29 is 4.74 Å².